The van der Waals surface area contributed by atoms with Gasteiger partial charge in [0.05, 0.1) is 12.8 Å². The van der Waals surface area contributed by atoms with Crippen molar-refractivity contribution in [2.24, 2.45) is 0 Å². The predicted molar refractivity (Wildman–Crippen MR) is 109 cm³/mol. The predicted octanol–water partition coefficient (Wildman–Crippen LogP) is 3.98. The summed E-state index contributed by atoms with van der Waals surface area (Å²) in [5.74, 6) is -0.0383. The highest BCUT2D eigenvalue weighted by molar-refractivity contribution is 5.89. The third-order valence-corrected chi connectivity index (χ3v) is 5.09. The number of benzene rings is 1. The van der Waals surface area contributed by atoms with Gasteiger partial charge in [-0.3, -0.25) is 4.90 Å². The Morgan fingerprint density at radius 2 is 2.00 bits per heavy atom. The van der Waals surface area contributed by atoms with Crippen molar-refractivity contribution >= 4 is 17.7 Å². The van der Waals surface area contributed by atoms with E-state index in [1.807, 2.05) is 6.07 Å². The highest BCUT2D eigenvalue weighted by Crippen LogP contribution is 2.28. The van der Waals surface area contributed by atoms with Crippen molar-refractivity contribution in [3.05, 3.63) is 36.3 Å². The van der Waals surface area contributed by atoms with E-state index in [-0.39, 0.29) is 11.8 Å². The van der Waals surface area contributed by atoms with Gasteiger partial charge in [0.25, 0.3) is 0 Å². The first-order chi connectivity index (χ1) is 14.2. The molecule has 1 saturated heterocycles. The number of ether oxygens (including phenoxy) is 1. The lowest BCUT2D eigenvalue weighted by Crippen LogP contribution is -2.37. The number of hydrogen-bond donors (Lipinski definition) is 2. The van der Waals surface area contributed by atoms with E-state index in [0.29, 0.717) is 36.4 Å². The molecule has 0 atom stereocenters. The molecule has 7 nitrogen and oxygen atoms in total. The summed E-state index contributed by atoms with van der Waals surface area (Å²) in [5, 5.41) is 10.3. The summed E-state index contributed by atoms with van der Waals surface area (Å²) in [6.45, 7) is 1.02. The number of halogens is 1. The molecule has 0 spiro atoms. The zero-order chi connectivity index (χ0) is 20.6. The molecule has 2 heterocycles. The van der Waals surface area contributed by atoms with E-state index in [1.54, 1.807) is 23.1 Å². The van der Waals surface area contributed by atoms with Crippen LogP contribution < -0.4 is 10.2 Å². The zero-order valence-electron chi connectivity index (χ0n) is 16.6. The van der Waals surface area contributed by atoms with Gasteiger partial charge >= 0.3 is 6.09 Å². The molecule has 1 aromatic heterocycles. The molecule has 2 aromatic rings. The Balaban J connectivity index is 0.00000117. The number of nitrogens with one attached hydrogen (secondary N) is 1. The molecule has 156 valence electrons. The minimum atomic E-state index is -0.484. The standard InChI is InChI=1S/C20H23FN4O2.CH4O/c21-17-13-22-19(23-15-7-2-1-3-8-15)24-18(17)14-6-4-9-16(12-14)25-10-5-11-27-20(25)26;1-2/h4,6,9,12-13,15H,1-3,5,7-8,10-11H2,(H,22,23,24);2H,1H3. The number of anilines is 2. The lowest BCUT2D eigenvalue weighted by molar-refractivity contribution is 0.140. The van der Waals surface area contributed by atoms with Crippen LogP contribution in [0.1, 0.15) is 38.5 Å². The second kappa shape index (κ2) is 10.2. The van der Waals surface area contributed by atoms with E-state index in [9.17, 15) is 9.18 Å². The highest BCUT2D eigenvalue weighted by atomic mass is 19.1. The topological polar surface area (TPSA) is 87.6 Å². The molecule has 1 aliphatic carbocycles. The molecule has 0 radical (unpaired) electrons. The molecule has 29 heavy (non-hydrogen) atoms. The summed E-state index contributed by atoms with van der Waals surface area (Å²) in [7, 11) is 1.00. The molecule has 2 fully saturated rings. The number of amides is 1. The average Bonchev–Trinajstić information content (AvgIpc) is 2.78. The Morgan fingerprint density at radius 3 is 2.76 bits per heavy atom. The third-order valence-electron chi connectivity index (χ3n) is 5.09. The van der Waals surface area contributed by atoms with Crippen molar-refractivity contribution in [3.63, 3.8) is 0 Å². The van der Waals surface area contributed by atoms with Crippen molar-refractivity contribution in [1.29, 1.82) is 0 Å². The summed E-state index contributed by atoms with van der Waals surface area (Å²) in [4.78, 5) is 22.1. The summed E-state index contributed by atoms with van der Waals surface area (Å²) < 4.78 is 19.5. The molecule has 0 unspecified atom stereocenters. The Morgan fingerprint density at radius 1 is 1.21 bits per heavy atom. The van der Waals surface area contributed by atoms with Gasteiger partial charge in [-0.05, 0) is 31.4 Å². The summed E-state index contributed by atoms with van der Waals surface area (Å²) in [5.41, 5.74) is 1.52. The van der Waals surface area contributed by atoms with E-state index in [2.05, 4.69) is 15.3 Å². The first kappa shape index (κ1) is 21.0. The molecule has 8 heteroatoms. The van der Waals surface area contributed by atoms with E-state index >= 15 is 0 Å². The molecule has 0 bridgehead atoms. The Labute approximate surface area is 169 Å². The highest BCUT2D eigenvalue weighted by Gasteiger charge is 2.22. The van der Waals surface area contributed by atoms with E-state index < -0.39 is 5.82 Å². The molecular weight excluding hydrogens is 375 g/mol. The van der Waals surface area contributed by atoms with Gasteiger partial charge in [0.15, 0.2) is 5.82 Å². The Kier molecular flexibility index (Phi) is 7.35. The second-order valence-corrected chi connectivity index (χ2v) is 7.04. The molecule has 1 aromatic carbocycles. The number of aliphatic hydroxyl groups excluding tert-OH is 1. The summed E-state index contributed by atoms with van der Waals surface area (Å²) >= 11 is 0. The zero-order valence-corrected chi connectivity index (χ0v) is 16.6. The van der Waals surface area contributed by atoms with Gasteiger partial charge in [-0.25, -0.2) is 19.2 Å². The van der Waals surface area contributed by atoms with Crippen molar-refractivity contribution < 1.29 is 19.0 Å². The molecule has 1 amide bonds. The maximum Gasteiger partial charge on any atom is 0.414 e. The average molecular weight is 402 g/mol. The third kappa shape index (κ3) is 5.20. The molecular formula is C21H27FN4O3. The fourth-order valence-electron chi connectivity index (χ4n) is 3.68. The van der Waals surface area contributed by atoms with Crippen LogP contribution in [0.4, 0.5) is 20.8 Å². The van der Waals surface area contributed by atoms with Crippen LogP contribution in [0.15, 0.2) is 30.5 Å². The van der Waals surface area contributed by atoms with Crippen LogP contribution in [0.3, 0.4) is 0 Å². The maximum atomic E-state index is 14.4. The van der Waals surface area contributed by atoms with Crippen LogP contribution in [-0.2, 0) is 4.74 Å². The van der Waals surface area contributed by atoms with Gasteiger partial charge in [-0.15, -0.1) is 0 Å². The number of aliphatic hydroxyl groups is 1. The van der Waals surface area contributed by atoms with Crippen LogP contribution in [0.5, 0.6) is 0 Å². The lowest BCUT2D eigenvalue weighted by Gasteiger charge is -2.26. The molecule has 2 aliphatic rings. The minimum Gasteiger partial charge on any atom is -0.449 e. The van der Waals surface area contributed by atoms with Crippen LogP contribution in [0.2, 0.25) is 0 Å². The fraction of sp³-hybridized carbons (Fsp3) is 0.476. The van der Waals surface area contributed by atoms with Gasteiger partial charge in [-0.2, -0.15) is 0 Å². The number of cyclic esters (lactones) is 1. The van der Waals surface area contributed by atoms with Crippen LogP contribution in [-0.4, -0.2) is 47.5 Å². The first-order valence-corrected chi connectivity index (χ1v) is 9.99. The van der Waals surface area contributed by atoms with Gasteiger partial charge in [-0.1, -0.05) is 31.4 Å². The van der Waals surface area contributed by atoms with Gasteiger partial charge in [0.2, 0.25) is 5.95 Å². The van der Waals surface area contributed by atoms with Gasteiger partial charge < -0.3 is 15.2 Å². The van der Waals surface area contributed by atoms with Crippen molar-refractivity contribution in [2.75, 3.05) is 30.5 Å². The number of rotatable bonds is 4. The van der Waals surface area contributed by atoms with E-state index in [4.69, 9.17) is 9.84 Å². The summed E-state index contributed by atoms with van der Waals surface area (Å²) in [6, 6.07) is 7.50. The van der Waals surface area contributed by atoms with Crippen molar-refractivity contribution in [3.8, 4) is 11.3 Å². The normalized spacial score (nSPS) is 17.2. The smallest absolute Gasteiger partial charge is 0.414 e. The Hall–Kier alpha value is -2.74. The van der Waals surface area contributed by atoms with Crippen LogP contribution in [0, 0.1) is 5.82 Å². The van der Waals surface area contributed by atoms with Crippen molar-refractivity contribution in [1.82, 2.24) is 9.97 Å². The minimum absolute atomic E-state index is 0.232. The maximum absolute atomic E-state index is 14.4. The fourth-order valence-corrected chi connectivity index (χ4v) is 3.68. The lowest BCUT2D eigenvalue weighted by atomic mass is 9.96. The summed E-state index contributed by atoms with van der Waals surface area (Å²) in [6.07, 6.45) is 7.42. The number of carbonyl (C=O) groups is 1. The van der Waals surface area contributed by atoms with Crippen LogP contribution in [0.25, 0.3) is 11.3 Å². The molecule has 4 rings (SSSR count). The molecule has 2 N–H and O–H groups in total. The first-order valence-electron chi connectivity index (χ1n) is 9.99. The number of hydrogen-bond acceptors (Lipinski definition) is 6. The number of carbonyl (C=O) groups excluding carboxylic acids is 1. The van der Waals surface area contributed by atoms with Crippen molar-refractivity contribution in [2.45, 2.75) is 44.6 Å². The monoisotopic (exact) mass is 402 g/mol. The van der Waals surface area contributed by atoms with Crippen LogP contribution >= 0.6 is 0 Å². The molecule has 1 aliphatic heterocycles. The van der Waals surface area contributed by atoms with E-state index in [1.165, 1.54) is 25.5 Å². The number of aromatic nitrogens is 2. The largest absolute Gasteiger partial charge is 0.449 e. The number of nitrogens with zero attached hydrogens (tertiary/aromatic N) is 3. The van der Waals surface area contributed by atoms with Gasteiger partial charge in [0.1, 0.15) is 5.69 Å². The van der Waals surface area contributed by atoms with E-state index in [0.717, 1.165) is 26.4 Å². The second-order valence-electron chi connectivity index (χ2n) is 7.04. The van der Waals surface area contributed by atoms with Gasteiger partial charge in [0, 0.05) is 30.9 Å². The SMILES string of the molecule is CO.O=C1OCCCN1c1cccc(-c2nc(NC3CCCCC3)ncc2F)c1. The quantitative estimate of drug-likeness (QED) is 0.804. The molecule has 1 saturated carbocycles. The Bertz CT molecular complexity index is 827.